The molecule has 0 aliphatic heterocycles. The molecule has 0 aliphatic rings. The highest BCUT2D eigenvalue weighted by molar-refractivity contribution is 6.99. The maximum Gasteiger partial charge on any atom is 0.253 e. The van der Waals surface area contributed by atoms with E-state index in [0.717, 1.165) is 11.7 Å². The zero-order valence-corrected chi connectivity index (χ0v) is 3.64. The van der Waals surface area contributed by atoms with Crippen molar-refractivity contribution in [2.24, 2.45) is 0 Å². The fraction of sp³-hybridized carbons (Fsp3) is 0. The quantitative estimate of drug-likeness (QED) is 0.480. The van der Waals surface area contributed by atoms with Crippen LogP contribution in [0.3, 0.4) is 0 Å². The summed E-state index contributed by atoms with van der Waals surface area (Å²) in [6.45, 7) is 0. The molecule has 1 aromatic rings. The van der Waals surface area contributed by atoms with Crippen LogP contribution in [0.4, 0.5) is 5.95 Å². The van der Waals surface area contributed by atoms with Crippen molar-refractivity contribution in [1.82, 2.24) is 14.0 Å². The summed E-state index contributed by atoms with van der Waals surface area (Å²) in [7, 11) is 0. The molecule has 0 amide bonds. The second-order valence-electron chi connectivity index (χ2n) is 0.713. The Morgan fingerprint density at radius 3 is 2.67 bits per heavy atom. The van der Waals surface area contributed by atoms with Crippen LogP contribution in [0.2, 0.25) is 0 Å². The van der Waals surface area contributed by atoms with Crippen LogP contribution in [-0.2, 0) is 0 Å². The van der Waals surface area contributed by atoms with Crippen LogP contribution in [0, 0.1) is 0 Å². The van der Waals surface area contributed by atoms with Gasteiger partial charge >= 0.3 is 0 Å². The fourth-order valence-corrected chi connectivity index (χ4v) is 0.415. The first-order valence-electron chi connectivity index (χ1n) is 1.30. The van der Waals surface area contributed by atoms with Crippen molar-refractivity contribution < 1.29 is 0 Å². The molecule has 5 heteroatoms. The maximum absolute atomic E-state index is 5.00. The molecular formula is CH2N4S. The van der Waals surface area contributed by atoms with Crippen LogP contribution < -0.4 is 5.73 Å². The predicted molar refractivity (Wildman–Crippen MR) is 22.1 cm³/mol. The van der Waals surface area contributed by atoms with Gasteiger partial charge in [-0.05, 0) is 0 Å². The lowest BCUT2D eigenvalue weighted by Gasteiger charge is -1.62. The number of nitrogens with two attached hydrogens (primary N) is 1. The monoisotopic (exact) mass is 102 g/mol. The lowest BCUT2D eigenvalue weighted by Crippen LogP contribution is -1.84. The van der Waals surface area contributed by atoms with Crippen molar-refractivity contribution in [2.45, 2.75) is 0 Å². The molecule has 0 fully saturated rings. The molecule has 0 saturated carbocycles. The summed E-state index contributed by atoms with van der Waals surface area (Å²) in [6, 6.07) is 0. The van der Waals surface area contributed by atoms with Crippen molar-refractivity contribution in [2.75, 3.05) is 5.73 Å². The van der Waals surface area contributed by atoms with Crippen molar-refractivity contribution in [3.05, 3.63) is 0 Å². The minimum atomic E-state index is 0.250. The van der Waals surface area contributed by atoms with E-state index in [4.69, 9.17) is 5.73 Å². The number of hydrogen-bond acceptors (Lipinski definition) is 5. The average Bonchev–Trinajstić information content (AvgIpc) is 1.86. The summed E-state index contributed by atoms with van der Waals surface area (Å²) < 4.78 is 6.89. The van der Waals surface area contributed by atoms with Crippen LogP contribution in [0.1, 0.15) is 0 Å². The molecule has 0 unspecified atom stereocenters. The summed E-state index contributed by atoms with van der Waals surface area (Å²) in [5, 5.41) is 3.35. The molecule has 0 radical (unpaired) electrons. The molecule has 0 saturated heterocycles. The standard InChI is InChI=1S/CH2N4S/c2-1-3-5-6-4-1/h(H2,2,4). The van der Waals surface area contributed by atoms with Gasteiger partial charge in [0.2, 0.25) is 0 Å². The number of nitrogen functional groups attached to an aromatic ring is 1. The average molecular weight is 102 g/mol. The summed E-state index contributed by atoms with van der Waals surface area (Å²) in [5.41, 5.74) is 5.00. The fourth-order valence-electron chi connectivity index (χ4n) is 0.138. The van der Waals surface area contributed by atoms with Crippen molar-refractivity contribution in [1.29, 1.82) is 0 Å². The van der Waals surface area contributed by atoms with Gasteiger partial charge in [-0.25, -0.2) is 0 Å². The molecule has 2 N–H and O–H groups in total. The van der Waals surface area contributed by atoms with Crippen molar-refractivity contribution in [3.63, 3.8) is 0 Å². The molecule has 0 atom stereocenters. The molecule has 0 spiro atoms. The Morgan fingerprint density at radius 2 is 2.50 bits per heavy atom. The maximum atomic E-state index is 5.00. The van der Waals surface area contributed by atoms with Crippen LogP contribution >= 0.6 is 11.7 Å². The van der Waals surface area contributed by atoms with Crippen molar-refractivity contribution >= 4 is 17.7 Å². The Hall–Kier alpha value is -0.710. The second kappa shape index (κ2) is 1.17. The van der Waals surface area contributed by atoms with E-state index >= 15 is 0 Å². The largest absolute Gasteiger partial charge is 0.366 e. The summed E-state index contributed by atoms with van der Waals surface area (Å²) >= 11 is 1.00. The van der Waals surface area contributed by atoms with Gasteiger partial charge in [0.1, 0.15) is 0 Å². The van der Waals surface area contributed by atoms with E-state index in [2.05, 4.69) is 14.0 Å². The molecular weight excluding hydrogens is 100 g/mol. The van der Waals surface area contributed by atoms with E-state index in [0.29, 0.717) is 0 Å². The normalized spacial score (nSPS) is 8.67. The Morgan fingerprint density at radius 1 is 1.67 bits per heavy atom. The van der Waals surface area contributed by atoms with Gasteiger partial charge in [0.15, 0.2) is 0 Å². The topological polar surface area (TPSA) is 64.7 Å². The van der Waals surface area contributed by atoms with E-state index in [9.17, 15) is 0 Å². The SMILES string of the molecule is Nc1nnsn1. The molecule has 1 aromatic heterocycles. The van der Waals surface area contributed by atoms with Crippen LogP contribution in [0.5, 0.6) is 0 Å². The third-order valence-electron chi connectivity index (χ3n) is 0.314. The molecule has 32 valence electrons. The zero-order valence-electron chi connectivity index (χ0n) is 2.83. The Balaban J connectivity index is 3.05. The first-order chi connectivity index (χ1) is 2.89. The van der Waals surface area contributed by atoms with E-state index in [-0.39, 0.29) is 5.95 Å². The molecule has 1 rings (SSSR count). The van der Waals surface area contributed by atoms with E-state index in [1.165, 1.54) is 0 Å². The molecule has 1 heterocycles. The highest BCUT2D eigenvalue weighted by Crippen LogP contribution is 1.84. The van der Waals surface area contributed by atoms with Crippen LogP contribution in [0.15, 0.2) is 0 Å². The van der Waals surface area contributed by atoms with E-state index < -0.39 is 0 Å². The van der Waals surface area contributed by atoms with Crippen molar-refractivity contribution in [3.8, 4) is 0 Å². The van der Waals surface area contributed by atoms with Gasteiger partial charge in [0.25, 0.3) is 5.95 Å². The summed E-state index contributed by atoms with van der Waals surface area (Å²) in [6.07, 6.45) is 0. The van der Waals surface area contributed by atoms with Gasteiger partial charge in [-0.15, -0.1) is 4.37 Å². The van der Waals surface area contributed by atoms with E-state index in [1.807, 2.05) is 0 Å². The minimum Gasteiger partial charge on any atom is -0.366 e. The zero-order chi connectivity index (χ0) is 4.41. The minimum absolute atomic E-state index is 0.250. The molecule has 6 heavy (non-hydrogen) atoms. The lowest BCUT2D eigenvalue weighted by atomic mass is 11.2. The number of hydrogen-bond donors (Lipinski definition) is 1. The number of aromatic nitrogens is 3. The van der Waals surface area contributed by atoms with Gasteiger partial charge in [0.05, 0.1) is 11.7 Å². The molecule has 0 aromatic carbocycles. The Kier molecular flexibility index (Phi) is 0.681. The third kappa shape index (κ3) is 0.436. The first-order valence-corrected chi connectivity index (χ1v) is 2.03. The van der Waals surface area contributed by atoms with Gasteiger partial charge in [-0.1, -0.05) is 9.59 Å². The number of anilines is 1. The highest BCUT2D eigenvalue weighted by atomic mass is 32.1. The predicted octanol–water partition coefficient (Wildman–Crippen LogP) is -0.485. The molecule has 0 bridgehead atoms. The summed E-state index contributed by atoms with van der Waals surface area (Å²) in [4.78, 5) is 0. The highest BCUT2D eigenvalue weighted by Gasteiger charge is 1.80. The van der Waals surface area contributed by atoms with Crippen LogP contribution in [0.25, 0.3) is 0 Å². The molecule has 0 aliphatic carbocycles. The lowest BCUT2D eigenvalue weighted by molar-refractivity contribution is 1.15. The van der Waals surface area contributed by atoms with Gasteiger partial charge in [0, 0.05) is 0 Å². The number of rotatable bonds is 0. The van der Waals surface area contributed by atoms with E-state index in [1.54, 1.807) is 0 Å². The van der Waals surface area contributed by atoms with Gasteiger partial charge in [-0.3, -0.25) is 0 Å². The smallest absolute Gasteiger partial charge is 0.253 e. The number of nitrogens with zero attached hydrogens (tertiary/aromatic N) is 3. The molecule has 4 nitrogen and oxygen atoms in total. The Bertz CT molecular complexity index is 111. The van der Waals surface area contributed by atoms with Gasteiger partial charge in [-0.2, -0.15) is 0 Å². The second-order valence-corrected chi connectivity index (χ2v) is 1.22. The first kappa shape index (κ1) is 3.48. The van der Waals surface area contributed by atoms with Crippen LogP contribution in [-0.4, -0.2) is 14.0 Å². The summed E-state index contributed by atoms with van der Waals surface area (Å²) in [5.74, 6) is 0.250. The van der Waals surface area contributed by atoms with Gasteiger partial charge < -0.3 is 5.73 Å². The third-order valence-corrected chi connectivity index (χ3v) is 0.738. The Labute approximate surface area is 38.3 Å².